The van der Waals surface area contributed by atoms with Gasteiger partial charge in [0.05, 0.1) is 10.5 Å². The molecule has 8 heteroatoms. The zero-order valence-corrected chi connectivity index (χ0v) is 16.9. The molecule has 27 heavy (non-hydrogen) atoms. The highest BCUT2D eigenvalue weighted by Gasteiger charge is 2.25. The Morgan fingerprint density at radius 1 is 1.15 bits per heavy atom. The first kappa shape index (κ1) is 19.9. The third kappa shape index (κ3) is 4.69. The number of carbonyl (C=O) groups excluding carboxylic acids is 1. The molecule has 1 amide bonds. The standard InChI is InChI=1S/C19H23N3O3S2/c1-26-19-17(6-5-11-20-19)18(23)21-14-15-7-9-16(10-8-15)27(24,25)22-12-3-2-4-13-22/h5-11H,2-4,12-14H2,1H3,(H,21,23). The maximum atomic E-state index is 12.7. The number of thioether (sulfide) groups is 1. The molecule has 1 aromatic heterocycles. The lowest BCUT2D eigenvalue weighted by molar-refractivity contribution is 0.0947. The molecule has 3 rings (SSSR count). The molecule has 1 aliphatic heterocycles. The fourth-order valence-corrected chi connectivity index (χ4v) is 5.10. The Morgan fingerprint density at radius 3 is 2.52 bits per heavy atom. The van der Waals surface area contributed by atoms with Crippen molar-refractivity contribution in [2.75, 3.05) is 19.3 Å². The zero-order valence-electron chi connectivity index (χ0n) is 15.2. The van der Waals surface area contributed by atoms with Crippen molar-refractivity contribution in [3.63, 3.8) is 0 Å². The van der Waals surface area contributed by atoms with Gasteiger partial charge in [-0.15, -0.1) is 11.8 Å². The molecule has 0 bridgehead atoms. The summed E-state index contributed by atoms with van der Waals surface area (Å²) < 4.78 is 26.9. The van der Waals surface area contributed by atoms with Crippen molar-refractivity contribution in [3.8, 4) is 0 Å². The molecule has 0 unspecified atom stereocenters. The molecule has 2 heterocycles. The number of pyridine rings is 1. The summed E-state index contributed by atoms with van der Waals surface area (Å²) in [6.07, 6.45) is 6.44. The van der Waals surface area contributed by atoms with Crippen LogP contribution in [0.3, 0.4) is 0 Å². The predicted octanol–water partition coefficient (Wildman–Crippen LogP) is 2.91. The van der Waals surface area contributed by atoms with Crippen molar-refractivity contribution in [3.05, 3.63) is 53.7 Å². The predicted molar refractivity (Wildman–Crippen MR) is 106 cm³/mol. The van der Waals surface area contributed by atoms with Crippen molar-refractivity contribution in [2.45, 2.75) is 35.7 Å². The molecule has 0 atom stereocenters. The number of rotatable bonds is 6. The Balaban J connectivity index is 1.65. The van der Waals surface area contributed by atoms with Crippen LogP contribution < -0.4 is 5.32 Å². The van der Waals surface area contributed by atoms with E-state index in [2.05, 4.69) is 10.3 Å². The van der Waals surface area contributed by atoms with Crippen LogP contribution in [0.2, 0.25) is 0 Å². The summed E-state index contributed by atoms with van der Waals surface area (Å²) in [6, 6.07) is 10.2. The van der Waals surface area contributed by atoms with E-state index in [0.717, 1.165) is 24.8 Å². The summed E-state index contributed by atoms with van der Waals surface area (Å²) in [4.78, 5) is 16.9. The summed E-state index contributed by atoms with van der Waals surface area (Å²) in [5.41, 5.74) is 1.38. The Morgan fingerprint density at radius 2 is 1.85 bits per heavy atom. The van der Waals surface area contributed by atoms with Gasteiger partial charge in [0.1, 0.15) is 5.03 Å². The van der Waals surface area contributed by atoms with Crippen LogP contribution >= 0.6 is 11.8 Å². The van der Waals surface area contributed by atoms with E-state index in [0.29, 0.717) is 35.1 Å². The number of carbonyl (C=O) groups is 1. The third-order valence-electron chi connectivity index (χ3n) is 4.54. The van der Waals surface area contributed by atoms with Crippen LogP contribution in [0.1, 0.15) is 35.2 Å². The first-order chi connectivity index (χ1) is 13.0. The summed E-state index contributed by atoms with van der Waals surface area (Å²) >= 11 is 1.42. The van der Waals surface area contributed by atoms with Crippen LogP contribution in [0.15, 0.2) is 52.5 Å². The SMILES string of the molecule is CSc1ncccc1C(=O)NCc1ccc(S(=O)(=O)N2CCCCC2)cc1. The number of piperidine rings is 1. The van der Waals surface area contributed by atoms with Crippen molar-refractivity contribution in [1.82, 2.24) is 14.6 Å². The second kappa shape index (κ2) is 8.86. The van der Waals surface area contributed by atoms with E-state index in [9.17, 15) is 13.2 Å². The molecule has 0 spiro atoms. The Bertz CT molecular complexity index is 893. The van der Waals surface area contributed by atoms with Gasteiger partial charge in [-0.25, -0.2) is 13.4 Å². The van der Waals surface area contributed by atoms with Gasteiger partial charge in [-0.3, -0.25) is 4.79 Å². The minimum Gasteiger partial charge on any atom is -0.348 e. The van der Waals surface area contributed by atoms with Crippen LogP contribution in [0.4, 0.5) is 0 Å². The van der Waals surface area contributed by atoms with Crippen molar-refractivity contribution < 1.29 is 13.2 Å². The molecule has 0 aliphatic carbocycles. The first-order valence-electron chi connectivity index (χ1n) is 8.88. The molecule has 1 saturated heterocycles. The van der Waals surface area contributed by atoms with Gasteiger partial charge in [-0.05, 0) is 48.9 Å². The first-order valence-corrected chi connectivity index (χ1v) is 11.5. The largest absolute Gasteiger partial charge is 0.348 e. The minimum atomic E-state index is -3.43. The smallest absolute Gasteiger partial charge is 0.254 e. The molecule has 1 N–H and O–H groups in total. The number of nitrogens with zero attached hydrogens (tertiary/aromatic N) is 2. The summed E-state index contributed by atoms with van der Waals surface area (Å²) in [5.74, 6) is -0.197. The number of amides is 1. The van der Waals surface area contributed by atoms with Gasteiger partial charge >= 0.3 is 0 Å². The van der Waals surface area contributed by atoms with E-state index < -0.39 is 10.0 Å². The number of nitrogens with one attached hydrogen (secondary N) is 1. The summed E-state index contributed by atoms with van der Waals surface area (Å²) in [5, 5.41) is 3.54. The molecule has 1 fully saturated rings. The highest BCUT2D eigenvalue weighted by molar-refractivity contribution is 7.98. The van der Waals surface area contributed by atoms with Gasteiger partial charge < -0.3 is 5.32 Å². The quantitative estimate of drug-likeness (QED) is 0.748. The number of hydrogen-bond donors (Lipinski definition) is 1. The third-order valence-corrected chi connectivity index (χ3v) is 7.16. The van der Waals surface area contributed by atoms with Crippen LogP contribution in [-0.4, -0.2) is 43.0 Å². The van der Waals surface area contributed by atoms with Crippen molar-refractivity contribution in [2.24, 2.45) is 0 Å². The number of aromatic nitrogens is 1. The van der Waals surface area contributed by atoms with E-state index in [1.54, 1.807) is 46.9 Å². The fourth-order valence-electron chi connectivity index (χ4n) is 3.04. The monoisotopic (exact) mass is 405 g/mol. The minimum absolute atomic E-state index is 0.197. The average molecular weight is 406 g/mol. The number of hydrogen-bond acceptors (Lipinski definition) is 5. The summed E-state index contributed by atoms with van der Waals surface area (Å²) in [6.45, 7) is 1.50. The second-order valence-corrected chi connectivity index (χ2v) is 9.08. The molecule has 1 aliphatic rings. The Kier molecular flexibility index (Phi) is 6.51. The van der Waals surface area contributed by atoms with Gasteiger partial charge in [0.2, 0.25) is 10.0 Å². The van der Waals surface area contributed by atoms with E-state index in [1.165, 1.54) is 11.8 Å². The molecular weight excluding hydrogens is 382 g/mol. The lowest BCUT2D eigenvalue weighted by atomic mass is 10.2. The molecular formula is C19H23N3O3S2. The van der Waals surface area contributed by atoms with Crippen LogP contribution in [0.5, 0.6) is 0 Å². The van der Waals surface area contributed by atoms with E-state index in [4.69, 9.17) is 0 Å². The highest BCUT2D eigenvalue weighted by atomic mass is 32.2. The molecule has 0 saturated carbocycles. The maximum absolute atomic E-state index is 12.7. The topological polar surface area (TPSA) is 79.4 Å². The average Bonchev–Trinajstić information content (AvgIpc) is 2.73. The number of sulfonamides is 1. The van der Waals surface area contributed by atoms with E-state index in [1.807, 2.05) is 6.26 Å². The Labute approximate surface area is 164 Å². The fraction of sp³-hybridized carbons (Fsp3) is 0.368. The van der Waals surface area contributed by atoms with E-state index in [-0.39, 0.29) is 5.91 Å². The molecule has 0 radical (unpaired) electrons. The van der Waals surface area contributed by atoms with Gasteiger partial charge in [0.15, 0.2) is 0 Å². The lowest BCUT2D eigenvalue weighted by Crippen LogP contribution is -2.35. The Hall–Kier alpha value is -1.90. The lowest BCUT2D eigenvalue weighted by Gasteiger charge is -2.25. The molecule has 6 nitrogen and oxygen atoms in total. The molecule has 1 aromatic carbocycles. The normalized spacial score (nSPS) is 15.4. The second-order valence-electron chi connectivity index (χ2n) is 6.35. The van der Waals surface area contributed by atoms with Crippen LogP contribution in [-0.2, 0) is 16.6 Å². The van der Waals surface area contributed by atoms with Crippen molar-refractivity contribution >= 4 is 27.7 Å². The molecule has 144 valence electrons. The van der Waals surface area contributed by atoms with Crippen molar-refractivity contribution in [1.29, 1.82) is 0 Å². The van der Waals surface area contributed by atoms with E-state index >= 15 is 0 Å². The van der Waals surface area contributed by atoms with Gasteiger partial charge in [-0.2, -0.15) is 4.31 Å². The van der Waals surface area contributed by atoms with Gasteiger partial charge in [0.25, 0.3) is 5.91 Å². The van der Waals surface area contributed by atoms with Gasteiger partial charge in [0, 0.05) is 25.8 Å². The van der Waals surface area contributed by atoms with Gasteiger partial charge in [-0.1, -0.05) is 18.6 Å². The van der Waals surface area contributed by atoms with Crippen LogP contribution in [0, 0.1) is 0 Å². The molecule has 2 aromatic rings. The zero-order chi connectivity index (χ0) is 19.3. The maximum Gasteiger partial charge on any atom is 0.254 e. The van der Waals surface area contributed by atoms with Crippen LogP contribution in [0.25, 0.3) is 0 Å². The summed E-state index contributed by atoms with van der Waals surface area (Å²) in [7, 11) is -3.43. The number of benzene rings is 1. The highest BCUT2D eigenvalue weighted by Crippen LogP contribution is 2.21.